The number of rotatable bonds is 4. The number of aliphatic hydroxyl groups is 1. The standard InChI is InChI=1S/C18H26O3/c1-12(2)15-10-9-13(3)11-16(15)21-18(20)17(19)14-7-5-4-6-8-14/h4-8,12-13,15-17,19H,9-11H2,1-3H3/t13-,15-,16+,17+/m1/s1. The third-order valence-corrected chi connectivity index (χ3v) is 4.57. The molecule has 0 aromatic heterocycles. The van der Waals surface area contributed by atoms with Crippen LogP contribution in [0.3, 0.4) is 0 Å². The number of carbonyl (C=O) groups excluding carboxylic acids is 1. The van der Waals surface area contributed by atoms with Crippen LogP contribution in [-0.2, 0) is 9.53 Å². The molecule has 0 spiro atoms. The lowest BCUT2D eigenvalue weighted by molar-refractivity contribution is -0.166. The molecule has 0 aliphatic heterocycles. The molecule has 1 aliphatic rings. The SMILES string of the molecule is CC(C)[C@H]1CC[C@@H](C)C[C@@H]1OC(=O)[C@@H](O)c1ccccc1. The van der Waals surface area contributed by atoms with Gasteiger partial charge in [-0.15, -0.1) is 0 Å². The molecule has 0 saturated heterocycles. The summed E-state index contributed by atoms with van der Waals surface area (Å²) >= 11 is 0. The number of benzene rings is 1. The van der Waals surface area contributed by atoms with Gasteiger partial charge in [-0.3, -0.25) is 0 Å². The molecule has 1 fully saturated rings. The number of hydrogen-bond donors (Lipinski definition) is 1. The van der Waals surface area contributed by atoms with E-state index in [9.17, 15) is 9.90 Å². The van der Waals surface area contributed by atoms with E-state index in [1.165, 1.54) is 6.42 Å². The average Bonchev–Trinajstić information content (AvgIpc) is 2.47. The van der Waals surface area contributed by atoms with Crippen LogP contribution in [0.5, 0.6) is 0 Å². The second kappa shape index (κ2) is 7.08. The fraction of sp³-hybridized carbons (Fsp3) is 0.611. The predicted octanol–water partition coefficient (Wildman–Crippen LogP) is 3.72. The van der Waals surface area contributed by atoms with Gasteiger partial charge in [0.2, 0.25) is 0 Å². The van der Waals surface area contributed by atoms with Crippen molar-refractivity contribution in [2.24, 2.45) is 17.8 Å². The molecule has 116 valence electrons. The molecule has 1 aromatic carbocycles. The molecule has 0 amide bonds. The second-order valence-corrected chi connectivity index (χ2v) is 6.61. The summed E-state index contributed by atoms with van der Waals surface area (Å²) in [4.78, 5) is 12.2. The Morgan fingerprint density at radius 2 is 1.90 bits per heavy atom. The quantitative estimate of drug-likeness (QED) is 0.860. The summed E-state index contributed by atoms with van der Waals surface area (Å²) in [5, 5.41) is 10.1. The first-order valence-electron chi connectivity index (χ1n) is 7.92. The molecule has 21 heavy (non-hydrogen) atoms. The number of carbonyl (C=O) groups is 1. The van der Waals surface area contributed by atoms with Crippen molar-refractivity contribution < 1.29 is 14.6 Å². The normalized spacial score (nSPS) is 27.4. The zero-order valence-corrected chi connectivity index (χ0v) is 13.2. The first-order chi connectivity index (χ1) is 9.99. The lowest BCUT2D eigenvalue weighted by atomic mass is 9.75. The van der Waals surface area contributed by atoms with Gasteiger partial charge < -0.3 is 9.84 Å². The van der Waals surface area contributed by atoms with Gasteiger partial charge in [-0.1, -0.05) is 57.5 Å². The van der Waals surface area contributed by atoms with Crippen LogP contribution in [0.15, 0.2) is 30.3 Å². The van der Waals surface area contributed by atoms with Gasteiger partial charge in [-0.05, 0) is 36.2 Å². The molecule has 2 rings (SSSR count). The van der Waals surface area contributed by atoms with Crippen molar-refractivity contribution in [2.45, 2.75) is 52.2 Å². The maximum absolute atomic E-state index is 12.2. The Morgan fingerprint density at radius 1 is 1.24 bits per heavy atom. The van der Waals surface area contributed by atoms with Crippen LogP contribution >= 0.6 is 0 Å². The van der Waals surface area contributed by atoms with Gasteiger partial charge in [0.05, 0.1) is 0 Å². The first-order valence-corrected chi connectivity index (χ1v) is 7.92. The predicted molar refractivity (Wildman–Crippen MR) is 82.6 cm³/mol. The number of esters is 1. The van der Waals surface area contributed by atoms with Gasteiger partial charge in [0, 0.05) is 0 Å². The molecular weight excluding hydrogens is 264 g/mol. The van der Waals surface area contributed by atoms with E-state index >= 15 is 0 Å². The summed E-state index contributed by atoms with van der Waals surface area (Å²) in [5.74, 6) is 0.940. The minimum Gasteiger partial charge on any atom is -0.460 e. The van der Waals surface area contributed by atoms with Crippen LogP contribution < -0.4 is 0 Å². The minimum absolute atomic E-state index is 0.0698. The molecule has 0 heterocycles. The molecule has 0 unspecified atom stereocenters. The van der Waals surface area contributed by atoms with Crippen molar-refractivity contribution in [1.82, 2.24) is 0 Å². The van der Waals surface area contributed by atoms with E-state index in [0.29, 0.717) is 23.3 Å². The third-order valence-electron chi connectivity index (χ3n) is 4.57. The Balaban J connectivity index is 2.02. The van der Waals surface area contributed by atoms with Gasteiger partial charge in [-0.25, -0.2) is 4.79 Å². The summed E-state index contributed by atoms with van der Waals surface area (Å²) in [6, 6.07) is 8.97. The zero-order chi connectivity index (χ0) is 15.4. The molecule has 1 aromatic rings. The van der Waals surface area contributed by atoms with E-state index in [2.05, 4.69) is 20.8 Å². The van der Waals surface area contributed by atoms with E-state index in [0.717, 1.165) is 12.8 Å². The van der Waals surface area contributed by atoms with Gasteiger partial charge >= 0.3 is 5.97 Å². The van der Waals surface area contributed by atoms with Gasteiger partial charge in [0.15, 0.2) is 6.10 Å². The first kappa shape index (κ1) is 16.0. The van der Waals surface area contributed by atoms with Crippen LogP contribution in [0.2, 0.25) is 0 Å². The molecule has 0 radical (unpaired) electrons. The van der Waals surface area contributed by atoms with Gasteiger partial charge in [0.1, 0.15) is 6.10 Å². The topological polar surface area (TPSA) is 46.5 Å². The van der Waals surface area contributed by atoms with Crippen molar-refractivity contribution in [3.63, 3.8) is 0 Å². The van der Waals surface area contributed by atoms with E-state index in [1.54, 1.807) is 12.1 Å². The highest BCUT2D eigenvalue weighted by molar-refractivity contribution is 5.76. The van der Waals surface area contributed by atoms with Crippen molar-refractivity contribution in [3.05, 3.63) is 35.9 Å². The molecule has 1 aliphatic carbocycles. The Kier molecular flexibility index (Phi) is 5.40. The van der Waals surface area contributed by atoms with Crippen molar-refractivity contribution >= 4 is 5.97 Å². The van der Waals surface area contributed by atoms with Crippen LogP contribution in [0.1, 0.15) is 51.7 Å². The zero-order valence-electron chi connectivity index (χ0n) is 13.2. The molecule has 3 nitrogen and oxygen atoms in total. The Bertz CT molecular complexity index is 455. The lowest BCUT2D eigenvalue weighted by Gasteiger charge is -2.37. The third kappa shape index (κ3) is 4.07. The average molecular weight is 290 g/mol. The van der Waals surface area contributed by atoms with Crippen molar-refractivity contribution in [2.75, 3.05) is 0 Å². The summed E-state index contributed by atoms with van der Waals surface area (Å²) in [7, 11) is 0. The van der Waals surface area contributed by atoms with E-state index in [-0.39, 0.29) is 6.10 Å². The number of aliphatic hydroxyl groups excluding tert-OH is 1. The number of ether oxygens (including phenoxy) is 1. The van der Waals surface area contributed by atoms with Crippen LogP contribution in [-0.4, -0.2) is 17.2 Å². The molecule has 0 bridgehead atoms. The maximum atomic E-state index is 12.2. The second-order valence-electron chi connectivity index (χ2n) is 6.61. The monoisotopic (exact) mass is 290 g/mol. The van der Waals surface area contributed by atoms with Crippen molar-refractivity contribution in [1.29, 1.82) is 0 Å². The molecule has 1 N–H and O–H groups in total. The maximum Gasteiger partial charge on any atom is 0.339 e. The Labute approximate surface area is 127 Å². The Morgan fingerprint density at radius 3 is 2.52 bits per heavy atom. The smallest absolute Gasteiger partial charge is 0.339 e. The van der Waals surface area contributed by atoms with E-state index < -0.39 is 12.1 Å². The molecule has 1 saturated carbocycles. The summed E-state index contributed by atoms with van der Waals surface area (Å²) < 4.78 is 5.66. The van der Waals surface area contributed by atoms with Crippen LogP contribution in [0, 0.1) is 17.8 Å². The van der Waals surface area contributed by atoms with Gasteiger partial charge in [0.25, 0.3) is 0 Å². The highest BCUT2D eigenvalue weighted by Crippen LogP contribution is 2.36. The summed E-state index contributed by atoms with van der Waals surface area (Å²) in [6.07, 6.45) is 1.93. The van der Waals surface area contributed by atoms with Gasteiger partial charge in [-0.2, -0.15) is 0 Å². The fourth-order valence-corrected chi connectivity index (χ4v) is 3.24. The number of hydrogen-bond acceptors (Lipinski definition) is 3. The molecular formula is C18H26O3. The van der Waals surface area contributed by atoms with Crippen LogP contribution in [0.4, 0.5) is 0 Å². The lowest BCUT2D eigenvalue weighted by Crippen LogP contribution is -2.37. The van der Waals surface area contributed by atoms with E-state index in [1.807, 2.05) is 18.2 Å². The highest BCUT2D eigenvalue weighted by atomic mass is 16.6. The van der Waals surface area contributed by atoms with Crippen LogP contribution in [0.25, 0.3) is 0 Å². The fourth-order valence-electron chi connectivity index (χ4n) is 3.24. The minimum atomic E-state index is -1.18. The summed E-state index contributed by atoms with van der Waals surface area (Å²) in [5.41, 5.74) is 0.590. The van der Waals surface area contributed by atoms with Crippen molar-refractivity contribution in [3.8, 4) is 0 Å². The molecule has 3 heteroatoms. The molecule has 4 atom stereocenters. The highest BCUT2D eigenvalue weighted by Gasteiger charge is 2.34. The Hall–Kier alpha value is -1.35. The largest absolute Gasteiger partial charge is 0.460 e. The summed E-state index contributed by atoms with van der Waals surface area (Å²) in [6.45, 7) is 6.55. The van der Waals surface area contributed by atoms with E-state index in [4.69, 9.17) is 4.74 Å².